The van der Waals surface area contributed by atoms with Crippen LogP contribution in [-0.4, -0.2) is 37.9 Å². The van der Waals surface area contributed by atoms with E-state index in [1.807, 2.05) is 36.8 Å². The Morgan fingerprint density at radius 2 is 1.79 bits per heavy atom. The minimum Gasteiger partial charge on any atom is -0.339 e. The van der Waals surface area contributed by atoms with Crippen molar-refractivity contribution in [2.24, 2.45) is 5.92 Å². The number of aromatic nitrogens is 3. The van der Waals surface area contributed by atoms with Crippen molar-refractivity contribution in [2.75, 3.05) is 6.54 Å². The molecule has 0 N–H and O–H groups in total. The Morgan fingerprint density at radius 3 is 2.55 bits per heavy atom. The predicted octanol–water partition coefficient (Wildman–Crippen LogP) is 4.40. The van der Waals surface area contributed by atoms with Gasteiger partial charge < -0.3 is 9.47 Å². The van der Waals surface area contributed by atoms with Crippen LogP contribution < -0.4 is 0 Å². The van der Waals surface area contributed by atoms with E-state index >= 15 is 0 Å². The number of nitrogens with zero attached hydrogens (tertiary/aromatic N) is 4. The zero-order valence-electron chi connectivity index (χ0n) is 16.6. The Bertz CT molecular complexity index is 977. The lowest BCUT2D eigenvalue weighted by molar-refractivity contribution is -0.129. The van der Waals surface area contributed by atoms with Gasteiger partial charge in [-0.25, -0.2) is 4.98 Å². The number of rotatable bonds is 5. The monoisotopic (exact) mass is 386 g/mol. The van der Waals surface area contributed by atoms with Gasteiger partial charge in [-0.05, 0) is 25.0 Å². The molecular weight excluding hydrogens is 360 g/mol. The smallest absolute Gasteiger partial charge is 0.223 e. The fourth-order valence-electron chi connectivity index (χ4n) is 4.91. The molecule has 0 unspecified atom stereocenters. The minimum atomic E-state index is 0.327. The molecule has 1 atom stereocenters. The topological polar surface area (TPSA) is 51.0 Å². The highest BCUT2D eigenvalue weighted by molar-refractivity contribution is 5.80. The highest BCUT2D eigenvalue weighted by Crippen LogP contribution is 2.34. The fourth-order valence-corrected chi connectivity index (χ4v) is 4.91. The van der Waals surface area contributed by atoms with Crippen molar-refractivity contribution in [2.45, 2.75) is 44.7 Å². The summed E-state index contributed by atoms with van der Waals surface area (Å²) in [5.74, 6) is 0.657. The van der Waals surface area contributed by atoms with E-state index in [2.05, 4.69) is 32.7 Å². The van der Waals surface area contributed by atoms with E-state index in [1.165, 1.54) is 25.7 Å². The molecule has 2 fully saturated rings. The Morgan fingerprint density at radius 1 is 1.00 bits per heavy atom. The Labute approximate surface area is 171 Å². The molecule has 1 aromatic carbocycles. The minimum absolute atomic E-state index is 0.327. The molecule has 1 saturated heterocycles. The standard InChI is InChI=1S/C24H26N4O/c29-22-13-18(16-28(22)21-10-4-5-11-21)15-27-17-26-23(19-7-2-1-3-8-19)24(27)20-9-6-12-25-14-20/h1-3,6-9,12,14,17-18,21H,4-5,10-11,13,15-16H2/t18-/m1/s1. The second-order valence-corrected chi connectivity index (χ2v) is 8.26. The van der Waals surface area contributed by atoms with Crippen LogP contribution in [0.3, 0.4) is 0 Å². The van der Waals surface area contributed by atoms with Crippen molar-refractivity contribution in [1.29, 1.82) is 0 Å². The van der Waals surface area contributed by atoms with Crippen molar-refractivity contribution < 1.29 is 4.79 Å². The van der Waals surface area contributed by atoms with Crippen molar-refractivity contribution in [3.63, 3.8) is 0 Å². The van der Waals surface area contributed by atoms with E-state index in [4.69, 9.17) is 4.98 Å². The lowest BCUT2D eigenvalue weighted by atomic mass is 10.0. The van der Waals surface area contributed by atoms with Gasteiger partial charge in [-0.15, -0.1) is 0 Å². The summed E-state index contributed by atoms with van der Waals surface area (Å²) in [5.41, 5.74) is 4.20. The van der Waals surface area contributed by atoms with Gasteiger partial charge >= 0.3 is 0 Å². The molecule has 1 amide bonds. The van der Waals surface area contributed by atoms with Crippen LogP contribution in [0.1, 0.15) is 32.1 Å². The van der Waals surface area contributed by atoms with Gasteiger partial charge in [0.2, 0.25) is 5.91 Å². The first kappa shape index (κ1) is 18.1. The molecule has 5 rings (SSSR count). The maximum atomic E-state index is 12.6. The molecule has 0 radical (unpaired) electrons. The summed E-state index contributed by atoms with van der Waals surface area (Å²) in [6.07, 6.45) is 11.1. The Balaban J connectivity index is 1.45. The third-order valence-corrected chi connectivity index (χ3v) is 6.28. The quantitative estimate of drug-likeness (QED) is 0.653. The van der Waals surface area contributed by atoms with Gasteiger partial charge in [-0.2, -0.15) is 0 Å². The largest absolute Gasteiger partial charge is 0.339 e. The molecule has 2 aliphatic rings. The Hall–Kier alpha value is -2.95. The summed E-state index contributed by atoms with van der Waals surface area (Å²) in [4.78, 5) is 23.9. The lowest BCUT2D eigenvalue weighted by Crippen LogP contribution is -2.34. The van der Waals surface area contributed by atoms with Gasteiger partial charge in [0.15, 0.2) is 0 Å². The SMILES string of the molecule is O=C1C[C@H](Cn2cnc(-c3ccccc3)c2-c2cccnc2)CN1C1CCCC1. The molecule has 5 heteroatoms. The van der Waals surface area contributed by atoms with Crippen LogP contribution in [0.25, 0.3) is 22.5 Å². The van der Waals surface area contributed by atoms with E-state index in [1.54, 1.807) is 6.20 Å². The van der Waals surface area contributed by atoms with E-state index in [0.717, 1.165) is 35.6 Å². The molecule has 5 nitrogen and oxygen atoms in total. The first-order valence-electron chi connectivity index (χ1n) is 10.6. The maximum absolute atomic E-state index is 12.6. The van der Waals surface area contributed by atoms with Crippen LogP contribution in [0.5, 0.6) is 0 Å². The number of carbonyl (C=O) groups is 1. The molecule has 1 aliphatic heterocycles. The first-order chi connectivity index (χ1) is 14.3. The highest BCUT2D eigenvalue weighted by atomic mass is 16.2. The predicted molar refractivity (Wildman–Crippen MR) is 113 cm³/mol. The van der Waals surface area contributed by atoms with Crippen LogP contribution >= 0.6 is 0 Å². The number of likely N-dealkylation sites (tertiary alicyclic amines) is 1. The van der Waals surface area contributed by atoms with Gasteiger partial charge in [-0.3, -0.25) is 9.78 Å². The fraction of sp³-hybridized carbons (Fsp3) is 0.375. The van der Waals surface area contributed by atoms with Crippen LogP contribution in [-0.2, 0) is 11.3 Å². The van der Waals surface area contributed by atoms with Crippen molar-refractivity contribution in [3.05, 3.63) is 61.2 Å². The molecule has 2 aromatic heterocycles. The number of hydrogen-bond acceptors (Lipinski definition) is 3. The summed E-state index contributed by atoms with van der Waals surface area (Å²) in [6, 6.07) is 14.8. The molecule has 0 spiro atoms. The summed E-state index contributed by atoms with van der Waals surface area (Å²) in [6.45, 7) is 1.67. The molecular formula is C24H26N4O. The molecule has 29 heavy (non-hydrogen) atoms. The number of benzene rings is 1. The number of amides is 1. The summed E-state index contributed by atoms with van der Waals surface area (Å²) >= 11 is 0. The normalized spacial score (nSPS) is 19.9. The summed E-state index contributed by atoms with van der Waals surface area (Å²) < 4.78 is 2.22. The summed E-state index contributed by atoms with van der Waals surface area (Å²) in [5, 5.41) is 0. The van der Waals surface area contributed by atoms with Crippen LogP contribution in [0, 0.1) is 5.92 Å². The van der Waals surface area contributed by atoms with Crippen molar-refractivity contribution in [1.82, 2.24) is 19.4 Å². The highest BCUT2D eigenvalue weighted by Gasteiger charge is 2.35. The van der Waals surface area contributed by atoms with Crippen molar-refractivity contribution >= 4 is 5.91 Å². The van der Waals surface area contributed by atoms with Crippen molar-refractivity contribution in [3.8, 4) is 22.5 Å². The Kier molecular flexibility index (Phi) is 4.88. The molecule has 148 valence electrons. The van der Waals surface area contributed by atoms with Crippen LogP contribution in [0.2, 0.25) is 0 Å². The molecule has 3 heterocycles. The van der Waals surface area contributed by atoms with Gasteiger partial charge in [-0.1, -0.05) is 43.2 Å². The van der Waals surface area contributed by atoms with E-state index < -0.39 is 0 Å². The van der Waals surface area contributed by atoms with E-state index in [0.29, 0.717) is 24.3 Å². The maximum Gasteiger partial charge on any atom is 0.223 e. The number of pyridine rings is 1. The second-order valence-electron chi connectivity index (χ2n) is 8.26. The number of carbonyl (C=O) groups excluding carboxylic acids is 1. The zero-order valence-corrected chi connectivity index (χ0v) is 16.6. The van der Waals surface area contributed by atoms with Gasteiger partial charge in [0, 0.05) is 55.0 Å². The summed E-state index contributed by atoms with van der Waals surface area (Å²) in [7, 11) is 0. The molecule has 1 aliphatic carbocycles. The number of hydrogen-bond donors (Lipinski definition) is 0. The average Bonchev–Trinajstić information content (AvgIpc) is 3.50. The number of imidazole rings is 1. The lowest BCUT2D eigenvalue weighted by Gasteiger charge is -2.24. The van der Waals surface area contributed by atoms with Gasteiger partial charge in [0.1, 0.15) is 0 Å². The second kappa shape index (κ2) is 7.82. The van der Waals surface area contributed by atoms with Gasteiger partial charge in [0.05, 0.1) is 17.7 Å². The third-order valence-electron chi connectivity index (χ3n) is 6.28. The van der Waals surface area contributed by atoms with Crippen LogP contribution in [0.4, 0.5) is 0 Å². The van der Waals surface area contributed by atoms with Gasteiger partial charge in [0.25, 0.3) is 0 Å². The van der Waals surface area contributed by atoms with E-state index in [-0.39, 0.29) is 0 Å². The molecule has 0 bridgehead atoms. The first-order valence-corrected chi connectivity index (χ1v) is 10.6. The average molecular weight is 386 g/mol. The van der Waals surface area contributed by atoms with Crippen LogP contribution in [0.15, 0.2) is 61.2 Å². The molecule has 1 saturated carbocycles. The third kappa shape index (κ3) is 3.57. The van der Waals surface area contributed by atoms with E-state index in [9.17, 15) is 4.79 Å². The zero-order chi connectivity index (χ0) is 19.6. The molecule has 3 aromatic rings.